The van der Waals surface area contributed by atoms with Gasteiger partial charge in [0.05, 0.1) is 11.1 Å². The monoisotopic (exact) mass is 328 g/mol. The molecule has 2 amide bonds. The van der Waals surface area contributed by atoms with Gasteiger partial charge in [-0.1, -0.05) is 12.1 Å². The summed E-state index contributed by atoms with van der Waals surface area (Å²) in [7, 11) is 0. The van der Waals surface area contributed by atoms with Crippen molar-refractivity contribution in [1.82, 2.24) is 10.2 Å². The maximum absolute atomic E-state index is 13.1. The highest BCUT2D eigenvalue weighted by Crippen LogP contribution is 2.36. The van der Waals surface area contributed by atoms with Crippen LogP contribution in [0.4, 0.5) is 13.2 Å². The van der Waals surface area contributed by atoms with Crippen molar-refractivity contribution in [2.75, 3.05) is 6.54 Å². The van der Waals surface area contributed by atoms with Gasteiger partial charge in [0.15, 0.2) is 0 Å². The summed E-state index contributed by atoms with van der Waals surface area (Å²) in [4.78, 5) is 26.0. The van der Waals surface area contributed by atoms with Crippen LogP contribution >= 0.6 is 0 Å². The van der Waals surface area contributed by atoms with Crippen LogP contribution < -0.4 is 5.32 Å². The molecule has 23 heavy (non-hydrogen) atoms. The first-order chi connectivity index (χ1) is 10.6. The molecule has 1 atom stereocenters. The van der Waals surface area contributed by atoms with Crippen molar-refractivity contribution < 1.29 is 22.8 Å². The molecule has 0 bridgehead atoms. The fraction of sp³-hybridized carbons (Fsp3) is 0.500. The quantitative estimate of drug-likeness (QED) is 0.927. The van der Waals surface area contributed by atoms with E-state index in [-0.39, 0.29) is 18.5 Å². The first-order valence-electron chi connectivity index (χ1n) is 7.36. The molecule has 0 radical (unpaired) electrons. The molecule has 0 saturated carbocycles. The van der Waals surface area contributed by atoms with E-state index in [0.29, 0.717) is 6.42 Å². The van der Waals surface area contributed by atoms with E-state index >= 15 is 0 Å². The van der Waals surface area contributed by atoms with Crippen LogP contribution in [0, 0.1) is 0 Å². The Morgan fingerprint density at radius 2 is 1.87 bits per heavy atom. The minimum atomic E-state index is -4.62. The summed E-state index contributed by atoms with van der Waals surface area (Å²) in [6.07, 6.45) is -4.20. The Morgan fingerprint density at radius 3 is 2.35 bits per heavy atom. The number of carbonyl (C=O) groups is 2. The number of hydrogen-bond acceptors (Lipinski definition) is 2. The molecule has 4 nitrogen and oxygen atoms in total. The molecule has 2 rings (SSSR count). The number of rotatable bonds is 3. The van der Waals surface area contributed by atoms with Crippen LogP contribution in [-0.2, 0) is 11.0 Å². The Kier molecular flexibility index (Phi) is 4.41. The van der Waals surface area contributed by atoms with Gasteiger partial charge in [-0.05, 0) is 39.3 Å². The number of halogens is 3. The lowest BCUT2D eigenvalue weighted by atomic mass is 9.84. The number of carbonyl (C=O) groups excluding carboxylic acids is 2. The number of likely N-dealkylation sites (tertiary alicyclic amines) is 1. The minimum absolute atomic E-state index is 0.112. The summed E-state index contributed by atoms with van der Waals surface area (Å²) in [6.45, 7) is 5.39. The Bertz CT molecular complexity index is 628. The second kappa shape index (κ2) is 5.86. The fourth-order valence-electron chi connectivity index (χ4n) is 2.60. The van der Waals surface area contributed by atoms with Gasteiger partial charge < -0.3 is 10.2 Å². The van der Waals surface area contributed by atoms with Crippen LogP contribution in [0.5, 0.6) is 0 Å². The van der Waals surface area contributed by atoms with Gasteiger partial charge in [-0.25, -0.2) is 0 Å². The zero-order valence-corrected chi connectivity index (χ0v) is 13.2. The summed E-state index contributed by atoms with van der Waals surface area (Å²) >= 11 is 0. The van der Waals surface area contributed by atoms with E-state index in [1.165, 1.54) is 17.0 Å². The highest BCUT2D eigenvalue weighted by atomic mass is 19.4. The van der Waals surface area contributed by atoms with E-state index in [1.54, 1.807) is 20.8 Å². The summed E-state index contributed by atoms with van der Waals surface area (Å²) in [5, 5.41) is 2.71. The molecule has 1 fully saturated rings. The summed E-state index contributed by atoms with van der Waals surface area (Å²) in [5.41, 5.74) is -2.52. The van der Waals surface area contributed by atoms with Crippen LogP contribution in [-0.4, -0.2) is 34.8 Å². The molecule has 1 aromatic rings. The molecule has 1 N–H and O–H groups in total. The number of hydrogen-bond donors (Lipinski definition) is 1. The molecule has 1 aliphatic heterocycles. The molecule has 0 aliphatic carbocycles. The summed E-state index contributed by atoms with van der Waals surface area (Å²) in [6, 6.07) is 4.52. The predicted molar refractivity (Wildman–Crippen MR) is 78.8 cm³/mol. The summed E-state index contributed by atoms with van der Waals surface area (Å²) in [5.74, 6) is -1.12. The zero-order chi connectivity index (χ0) is 17.4. The predicted octanol–water partition coefficient (Wildman–Crippen LogP) is 2.83. The van der Waals surface area contributed by atoms with Gasteiger partial charge >= 0.3 is 6.18 Å². The standard InChI is InChI=1S/C16H19F3N2O2/c1-10(2)20-14(23)15(3)8-9-21(15)13(22)11-6-4-5-7-12(11)16(17,18)19/h4-7,10H,8-9H2,1-3H3,(H,20,23). The van der Waals surface area contributed by atoms with Crippen LogP contribution in [0.3, 0.4) is 0 Å². The Balaban J connectivity index is 2.30. The summed E-state index contributed by atoms with van der Waals surface area (Å²) < 4.78 is 39.2. The molecule has 1 aliphatic rings. The molecule has 1 saturated heterocycles. The topological polar surface area (TPSA) is 49.4 Å². The largest absolute Gasteiger partial charge is 0.417 e. The van der Waals surface area contributed by atoms with E-state index in [2.05, 4.69) is 5.32 Å². The average molecular weight is 328 g/mol. The average Bonchev–Trinajstić information content (AvgIpc) is 2.43. The molecule has 1 heterocycles. The number of nitrogens with one attached hydrogen (secondary N) is 1. The van der Waals surface area contributed by atoms with Gasteiger partial charge in [0.2, 0.25) is 5.91 Å². The Labute approximate surface area is 132 Å². The van der Waals surface area contributed by atoms with Gasteiger partial charge in [0.25, 0.3) is 5.91 Å². The van der Waals surface area contributed by atoms with Crippen molar-refractivity contribution in [1.29, 1.82) is 0 Å². The lowest BCUT2D eigenvalue weighted by molar-refractivity contribution is -0.139. The highest BCUT2D eigenvalue weighted by molar-refractivity contribution is 6.01. The molecule has 7 heteroatoms. The third-order valence-corrected chi connectivity index (χ3v) is 4.03. The van der Waals surface area contributed by atoms with E-state index in [0.717, 1.165) is 12.1 Å². The third kappa shape index (κ3) is 3.18. The molecular weight excluding hydrogens is 309 g/mol. The second-order valence-corrected chi connectivity index (χ2v) is 6.15. The highest BCUT2D eigenvalue weighted by Gasteiger charge is 2.50. The lowest BCUT2D eigenvalue weighted by Gasteiger charge is -2.49. The van der Waals surface area contributed by atoms with E-state index in [9.17, 15) is 22.8 Å². The SMILES string of the molecule is CC(C)NC(=O)C1(C)CCN1C(=O)c1ccccc1C(F)(F)F. The van der Waals surface area contributed by atoms with Gasteiger partial charge in [0, 0.05) is 12.6 Å². The number of alkyl halides is 3. The molecule has 126 valence electrons. The number of benzene rings is 1. The minimum Gasteiger partial charge on any atom is -0.352 e. The molecule has 1 unspecified atom stereocenters. The first-order valence-corrected chi connectivity index (χ1v) is 7.36. The normalized spacial score (nSPS) is 21.1. The zero-order valence-electron chi connectivity index (χ0n) is 13.2. The molecule has 0 aromatic heterocycles. The smallest absolute Gasteiger partial charge is 0.352 e. The van der Waals surface area contributed by atoms with Crippen LogP contribution in [0.2, 0.25) is 0 Å². The lowest BCUT2D eigenvalue weighted by Crippen LogP contribution is -2.68. The van der Waals surface area contributed by atoms with Crippen molar-refractivity contribution in [3.63, 3.8) is 0 Å². The Hall–Kier alpha value is -2.05. The molecular formula is C16H19F3N2O2. The van der Waals surface area contributed by atoms with E-state index < -0.39 is 28.7 Å². The van der Waals surface area contributed by atoms with Gasteiger partial charge in [-0.2, -0.15) is 13.2 Å². The van der Waals surface area contributed by atoms with E-state index in [1.807, 2.05) is 0 Å². The van der Waals surface area contributed by atoms with Crippen molar-refractivity contribution in [3.8, 4) is 0 Å². The van der Waals surface area contributed by atoms with Crippen LogP contribution in [0.1, 0.15) is 43.1 Å². The second-order valence-electron chi connectivity index (χ2n) is 6.15. The van der Waals surface area contributed by atoms with Gasteiger partial charge in [0.1, 0.15) is 5.54 Å². The van der Waals surface area contributed by atoms with Gasteiger partial charge in [-0.15, -0.1) is 0 Å². The number of amides is 2. The van der Waals surface area contributed by atoms with Crippen molar-refractivity contribution in [2.45, 2.75) is 44.9 Å². The maximum atomic E-state index is 13.1. The van der Waals surface area contributed by atoms with Crippen molar-refractivity contribution in [3.05, 3.63) is 35.4 Å². The molecule has 0 spiro atoms. The van der Waals surface area contributed by atoms with Crippen molar-refractivity contribution >= 4 is 11.8 Å². The Morgan fingerprint density at radius 1 is 1.26 bits per heavy atom. The van der Waals surface area contributed by atoms with Crippen molar-refractivity contribution in [2.24, 2.45) is 0 Å². The fourth-order valence-corrected chi connectivity index (χ4v) is 2.60. The number of nitrogens with zero attached hydrogens (tertiary/aromatic N) is 1. The maximum Gasteiger partial charge on any atom is 0.417 e. The molecule has 1 aromatic carbocycles. The van der Waals surface area contributed by atoms with Gasteiger partial charge in [-0.3, -0.25) is 9.59 Å². The third-order valence-electron chi connectivity index (χ3n) is 4.03. The van der Waals surface area contributed by atoms with Crippen LogP contribution in [0.15, 0.2) is 24.3 Å². The van der Waals surface area contributed by atoms with Crippen LogP contribution in [0.25, 0.3) is 0 Å². The first kappa shape index (κ1) is 17.3. The van der Waals surface area contributed by atoms with E-state index in [4.69, 9.17) is 0 Å².